The first kappa shape index (κ1) is 11.1. The molecule has 0 fully saturated rings. The predicted molar refractivity (Wildman–Crippen MR) is 81.2 cm³/mol. The molecule has 3 rings (SSSR count). The van der Waals surface area contributed by atoms with Crippen LogP contribution in [-0.4, -0.2) is 4.57 Å². The molecule has 0 bridgehead atoms. The third-order valence-corrected chi connectivity index (χ3v) is 4.94. The zero-order valence-corrected chi connectivity index (χ0v) is 12.1. The summed E-state index contributed by atoms with van der Waals surface area (Å²) in [6, 6.07) is 12.5. The fourth-order valence-corrected chi connectivity index (χ4v) is 3.07. The molecule has 1 aromatic heterocycles. The van der Waals surface area contributed by atoms with Gasteiger partial charge in [-0.05, 0) is 44.0 Å². The topological polar surface area (TPSA) is 4.93 Å². The van der Waals surface area contributed by atoms with Gasteiger partial charge in [0.05, 0.1) is 15.5 Å². The van der Waals surface area contributed by atoms with E-state index >= 15 is 0 Å². The van der Waals surface area contributed by atoms with Gasteiger partial charge in [-0.25, -0.2) is 0 Å². The lowest BCUT2D eigenvalue weighted by Crippen LogP contribution is -1.85. The van der Waals surface area contributed by atoms with Gasteiger partial charge in [0, 0.05) is 21.4 Å². The van der Waals surface area contributed by atoms with Crippen LogP contribution in [0, 0.1) is 0 Å². The number of fused-ring (bicyclic) bond motifs is 3. The van der Waals surface area contributed by atoms with E-state index < -0.39 is 0 Å². The summed E-state index contributed by atoms with van der Waals surface area (Å²) in [7, 11) is 0. The highest BCUT2D eigenvalue weighted by Gasteiger charge is 2.12. The van der Waals surface area contributed by atoms with Gasteiger partial charge >= 0.3 is 0 Å². The van der Waals surface area contributed by atoms with Crippen molar-refractivity contribution in [3.05, 3.63) is 51.9 Å². The SMILES string of the molecule is C=Cn1c2ccccc2c2ccc(Br)c(Br)c21. The summed E-state index contributed by atoms with van der Waals surface area (Å²) in [5.74, 6) is 0. The van der Waals surface area contributed by atoms with E-state index in [0.717, 1.165) is 14.5 Å². The second-order valence-corrected chi connectivity index (χ2v) is 5.47. The van der Waals surface area contributed by atoms with Gasteiger partial charge in [-0.1, -0.05) is 30.8 Å². The highest BCUT2D eigenvalue weighted by molar-refractivity contribution is 9.13. The van der Waals surface area contributed by atoms with Gasteiger partial charge in [0.1, 0.15) is 0 Å². The van der Waals surface area contributed by atoms with Crippen LogP contribution in [0.4, 0.5) is 0 Å². The van der Waals surface area contributed by atoms with E-state index in [2.05, 4.69) is 73.3 Å². The Labute approximate surface area is 116 Å². The highest BCUT2D eigenvalue weighted by atomic mass is 79.9. The second kappa shape index (κ2) is 4.00. The number of benzene rings is 2. The van der Waals surface area contributed by atoms with Gasteiger partial charge in [-0.15, -0.1) is 0 Å². The Kier molecular flexibility index (Phi) is 2.60. The quantitative estimate of drug-likeness (QED) is 0.552. The van der Waals surface area contributed by atoms with Crippen molar-refractivity contribution < 1.29 is 0 Å². The number of halogens is 2. The molecule has 0 saturated heterocycles. The van der Waals surface area contributed by atoms with Crippen molar-refractivity contribution in [1.82, 2.24) is 4.57 Å². The summed E-state index contributed by atoms with van der Waals surface area (Å²) in [5, 5.41) is 2.48. The van der Waals surface area contributed by atoms with Crippen molar-refractivity contribution in [2.75, 3.05) is 0 Å². The molecule has 3 heteroatoms. The summed E-state index contributed by atoms with van der Waals surface area (Å²) in [4.78, 5) is 0. The fourth-order valence-electron chi connectivity index (χ4n) is 2.21. The molecule has 2 aromatic carbocycles. The standard InChI is InChI=1S/C14H9Br2N/c1-2-17-12-6-4-3-5-9(12)10-7-8-11(15)13(16)14(10)17/h2-8H,1H2. The lowest BCUT2D eigenvalue weighted by Gasteiger charge is -2.02. The molecular formula is C14H9Br2N. The number of nitrogens with zero attached hydrogens (tertiary/aromatic N) is 1. The van der Waals surface area contributed by atoms with Crippen LogP contribution in [0.15, 0.2) is 51.9 Å². The highest BCUT2D eigenvalue weighted by Crippen LogP contribution is 2.37. The van der Waals surface area contributed by atoms with E-state index in [0.29, 0.717) is 0 Å². The van der Waals surface area contributed by atoms with Gasteiger partial charge in [0.15, 0.2) is 0 Å². The van der Waals surface area contributed by atoms with Gasteiger partial charge < -0.3 is 4.57 Å². The zero-order valence-electron chi connectivity index (χ0n) is 8.95. The molecule has 84 valence electrons. The van der Waals surface area contributed by atoms with E-state index in [1.165, 1.54) is 16.3 Å². The molecule has 1 nitrogen and oxygen atoms in total. The van der Waals surface area contributed by atoms with E-state index in [1.54, 1.807) is 0 Å². The molecule has 0 aliphatic heterocycles. The van der Waals surface area contributed by atoms with Crippen LogP contribution < -0.4 is 0 Å². The van der Waals surface area contributed by atoms with Crippen molar-refractivity contribution in [1.29, 1.82) is 0 Å². The molecule has 17 heavy (non-hydrogen) atoms. The van der Waals surface area contributed by atoms with Crippen LogP contribution in [0.3, 0.4) is 0 Å². The Morgan fingerprint density at radius 3 is 2.53 bits per heavy atom. The largest absolute Gasteiger partial charge is 0.315 e. The lowest BCUT2D eigenvalue weighted by atomic mass is 10.2. The Morgan fingerprint density at radius 2 is 1.76 bits per heavy atom. The molecule has 1 heterocycles. The summed E-state index contributed by atoms with van der Waals surface area (Å²) >= 11 is 7.18. The summed E-state index contributed by atoms with van der Waals surface area (Å²) in [6.45, 7) is 3.90. The van der Waals surface area contributed by atoms with Crippen LogP contribution in [0.1, 0.15) is 0 Å². The molecule has 0 saturated carbocycles. The van der Waals surface area contributed by atoms with Gasteiger partial charge in [-0.3, -0.25) is 0 Å². The van der Waals surface area contributed by atoms with Gasteiger partial charge in [0.25, 0.3) is 0 Å². The van der Waals surface area contributed by atoms with Crippen molar-refractivity contribution >= 4 is 59.9 Å². The minimum absolute atomic E-state index is 1.05. The summed E-state index contributed by atoms with van der Waals surface area (Å²) in [6.07, 6.45) is 1.85. The Hall–Kier alpha value is -1.06. The monoisotopic (exact) mass is 349 g/mol. The van der Waals surface area contributed by atoms with E-state index in [4.69, 9.17) is 0 Å². The molecule has 0 radical (unpaired) electrons. The summed E-state index contributed by atoms with van der Waals surface area (Å²) in [5.41, 5.74) is 2.33. The summed E-state index contributed by atoms with van der Waals surface area (Å²) < 4.78 is 4.22. The zero-order chi connectivity index (χ0) is 12.0. The van der Waals surface area contributed by atoms with E-state index in [-0.39, 0.29) is 0 Å². The Balaban J connectivity index is 2.68. The lowest BCUT2D eigenvalue weighted by molar-refractivity contribution is 1.29. The number of aromatic nitrogens is 1. The van der Waals surface area contributed by atoms with Crippen LogP contribution in [0.2, 0.25) is 0 Å². The minimum atomic E-state index is 1.05. The minimum Gasteiger partial charge on any atom is -0.315 e. The first-order valence-electron chi connectivity index (χ1n) is 5.23. The van der Waals surface area contributed by atoms with Gasteiger partial charge in [-0.2, -0.15) is 0 Å². The number of rotatable bonds is 1. The smallest absolute Gasteiger partial charge is 0.0688 e. The molecular weight excluding hydrogens is 342 g/mol. The number of hydrogen-bond acceptors (Lipinski definition) is 0. The average molecular weight is 351 g/mol. The third-order valence-electron chi connectivity index (χ3n) is 2.95. The molecule has 0 spiro atoms. The maximum absolute atomic E-state index is 3.90. The van der Waals surface area contributed by atoms with Crippen LogP contribution in [0.5, 0.6) is 0 Å². The average Bonchev–Trinajstić information content (AvgIpc) is 2.68. The van der Waals surface area contributed by atoms with Crippen LogP contribution in [-0.2, 0) is 0 Å². The first-order valence-corrected chi connectivity index (χ1v) is 6.82. The van der Waals surface area contributed by atoms with E-state index in [1.807, 2.05) is 12.3 Å². The molecule has 0 atom stereocenters. The molecule has 0 aliphatic rings. The number of hydrogen-bond donors (Lipinski definition) is 0. The Morgan fingerprint density at radius 1 is 1.00 bits per heavy atom. The van der Waals surface area contributed by atoms with Crippen LogP contribution in [0.25, 0.3) is 28.0 Å². The number of para-hydroxylation sites is 1. The molecule has 0 unspecified atom stereocenters. The van der Waals surface area contributed by atoms with Crippen molar-refractivity contribution in [2.45, 2.75) is 0 Å². The Bertz CT molecular complexity index is 741. The predicted octanol–water partition coefficient (Wildman–Crippen LogP) is 5.42. The molecule has 0 N–H and O–H groups in total. The molecule has 3 aromatic rings. The normalized spacial score (nSPS) is 11.2. The maximum atomic E-state index is 3.90. The van der Waals surface area contributed by atoms with Crippen molar-refractivity contribution in [3.63, 3.8) is 0 Å². The second-order valence-electron chi connectivity index (χ2n) is 3.83. The third kappa shape index (κ3) is 1.49. The first-order chi connectivity index (χ1) is 8.24. The van der Waals surface area contributed by atoms with Crippen molar-refractivity contribution in [3.8, 4) is 0 Å². The van der Waals surface area contributed by atoms with Crippen LogP contribution >= 0.6 is 31.9 Å². The van der Waals surface area contributed by atoms with Crippen molar-refractivity contribution in [2.24, 2.45) is 0 Å². The fraction of sp³-hybridized carbons (Fsp3) is 0. The maximum Gasteiger partial charge on any atom is 0.0688 e. The van der Waals surface area contributed by atoms with E-state index in [9.17, 15) is 0 Å². The molecule has 0 aliphatic carbocycles. The molecule has 0 amide bonds. The van der Waals surface area contributed by atoms with Gasteiger partial charge in [0.2, 0.25) is 0 Å².